The van der Waals surface area contributed by atoms with Crippen LogP contribution in [-0.4, -0.2) is 65.8 Å². The van der Waals surface area contributed by atoms with Crippen molar-refractivity contribution in [2.24, 2.45) is 0 Å². The molecule has 264 valence electrons. The van der Waals surface area contributed by atoms with Crippen molar-refractivity contribution in [1.29, 1.82) is 0 Å². The van der Waals surface area contributed by atoms with E-state index >= 15 is 0 Å². The molecule has 1 N–H and O–H groups in total. The lowest BCUT2D eigenvalue weighted by Crippen LogP contribution is -2.52. The van der Waals surface area contributed by atoms with Crippen LogP contribution in [0.2, 0.25) is 0 Å². The number of rotatable bonds is 12. The summed E-state index contributed by atoms with van der Waals surface area (Å²) < 4.78 is 37.6. The number of hydrogen-bond donors (Lipinski definition) is 1. The number of nitrogens with zero attached hydrogens (tertiary/aromatic N) is 3. The van der Waals surface area contributed by atoms with E-state index in [4.69, 9.17) is 23.7 Å². The number of methoxy groups -OCH3 is 4. The Kier molecular flexibility index (Phi) is 9.39. The van der Waals surface area contributed by atoms with E-state index in [0.29, 0.717) is 62.7 Å². The zero-order valence-electron chi connectivity index (χ0n) is 28.9. The van der Waals surface area contributed by atoms with E-state index in [1.54, 1.807) is 61.7 Å². The molecule has 12 heteroatoms. The number of amides is 1. The lowest BCUT2D eigenvalue weighted by Gasteiger charge is -2.40. The van der Waals surface area contributed by atoms with Crippen molar-refractivity contribution in [3.05, 3.63) is 125 Å². The van der Waals surface area contributed by atoms with E-state index in [1.165, 1.54) is 26.2 Å². The Labute approximate surface area is 303 Å². The molecule has 1 aliphatic rings. The van der Waals surface area contributed by atoms with E-state index in [-0.39, 0.29) is 18.5 Å². The molecule has 1 amide bonds. The normalized spacial score (nSPS) is 15.5. The lowest BCUT2D eigenvalue weighted by atomic mass is 9.84. The number of fused-ring (bicyclic) bond motifs is 2. The zero-order chi connectivity index (χ0) is 36.4. The molecule has 0 aliphatic carbocycles. The molecule has 11 nitrogen and oxygen atoms in total. The molecule has 1 aliphatic heterocycles. The van der Waals surface area contributed by atoms with E-state index in [2.05, 4.69) is 8.75 Å². The summed E-state index contributed by atoms with van der Waals surface area (Å²) in [6.45, 7) is -0.0102. The van der Waals surface area contributed by atoms with Gasteiger partial charge in [-0.05, 0) is 82.4 Å². The van der Waals surface area contributed by atoms with Crippen LogP contribution in [0.1, 0.15) is 22.3 Å². The van der Waals surface area contributed by atoms with E-state index < -0.39 is 17.8 Å². The minimum atomic E-state index is -1.90. The molecule has 1 unspecified atom stereocenters. The highest BCUT2D eigenvalue weighted by atomic mass is 32.1. The second-order valence-corrected chi connectivity index (χ2v) is 12.6. The van der Waals surface area contributed by atoms with Crippen LogP contribution in [0.3, 0.4) is 0 Å². The molecule has 0 spiro atoms. The van der Waals surface area contributed by atoms with Crippen molar-refractivity contribution in [2.45, 2.75) is 18.6 Å². The molecule has 0 bridgehead atoms. The number of cyclic esters (lactones) is 1. The SMILES string of the molecule is COc1ccc(C2(N(CCc3cccc4ccccc34)C(=O)O)OC(=O)C(c3ccc4nsnc4c3)=C2Cc2cc(OC)c(OC)c(OC)c2)cc1. The van der Waals surface area contributed by atoms with Gasteiger partial charge in [-0.15, -0.1) is 0 Å². The summed E-state index contributed by atoms with van der Waals surface area (Å²) in [5, 5.41) is 13.2. The van der Waals surface area contributed by atoms with Gasteiger partial charge in [0.2, 0.25) is 11.5 Å². The molecular formula is C40H35N3O8S. The predicted octanol–water partition coefficient (Wildman–Crippen LogP) is 7.51. The molecule has 2 heterocycles. The number of carboxylic acid groups (broad SMARTS) is 1. The van der Waals surface area contributed by atoms with Crippen molar-refractivity contribution in [2.75, 3.05) is 35.0 Å². The topological polar surface area (TPSA) is 130 Å². The van der Waals surface area contributed by atoms with Crippen LogP contribution >= 0.6 is 11.7 Å². The smallest absolute Gasteiger partial charge is 0.410 e. The first kappa shape index (κ1) is 34.3. The average molecular weight is 718 g/mol. The number of esters is 1. The highest BCUT2D eigenvalue weighted by molar-refractivity contribution is 7.00. The molecule has 6 aromatic rings. The van der Waals surface area contributed by atoms with Gasteiger partial charge in [-0.1, -0.05) is 48.5 Å². The summed E-state index contributed by atoms with van der Waals surface area (Å²) in [4.78, 5) is 29.3. The summed E-state index contributed by atoms with van der Waals surface area (Å²) in [6, 6.07) is 29.7. The lowest BCUT2D eigenvalue weighted by molar-refractivity contribution is -0.161. The van der Waals surface area contributed by atoms with Crippen molar-refractivity contribution in [1.82, 2.24) is 13.6 Å². The summed E-state index contributed by atoms with van der Waals surface area (Å²) in [5.41, 5.74) is 2.56. The van der Waals surface area contributed by atoms with Gasteiger partial charge in [0.25, 0.3) is 0 Å². The fraction of sp³-hybridized carbons (Fsp3) is 0.200. The van der Waals surface area contributed by atoms with Crippen LogP contribution in [0.15, 0.2) is 103 Å². The van der Waals surface area contributed by atoms with Crippen LogP contribution in [0.4, 0.5) is 4.79 Å². The highest BCUT2D eigenvalue weighted by Gasteiger charge is 2.55. The first-order valence-corrected chi connectivity index (χ1v) is 17.1. The quantitative estimate of drug-likeness (QED) is 0.127. The molecule has 0 saturated carbocycles. The standard InChI is InChI=1S/C40H35N3O8S/c1-47-29-15-13-28(14-16-29)40(43(39(45)46)19-18-26-10-7-9-25-8-5-6-11-30(25)26)31(20-24-21-34(48-2)37(50-4)35(22-24)49-3)36(38(44)51-40)27-12-17-32-33(23-27)42-52-41-32/h5-17,21-23H,18-20H2,1-4H3,(H,45,46). The van der Waals surface area contributed by atoms with Gasteiger partial charge in [0, 0.05) is 24.1 Å². The minimum absolute atomic E-state index is 0.0102. The Morgan fingerprint density at radius 3 is 2.23 bits per heavy atom. The van der Waals surface area contributed by atoms with Gasteiger partial charge in [-0.2, -0.15) is 8.75 Å². The Bertz CT molecular complexity index is 2310. The van der Waals surface area contributed by atoms with Gasteiger partial charge in [0.15, 0.2) is 11.5 Å². The molecule has 5 aromatic carbocycles. The van der Waals surface area contributed by atoms with Crippen molar-refractivity contribution >= 4 is 51.2 Å². The van der Waals surface area contributed by atoms with Crippen molar-refractivity contribution in [3.8, 4) is 23.0 Å². The van der Waals surface area contributed by atoms with Gasteiger partial charge in [-0.25, -0.2) is 9.59 Å². The molecule has 7 rings (SSSR count). The molecule has 0 saturated heterocycles. The van der Waals surface area contributed by atoms with Crippen LogP contribution < -0.4 is 18.9 Å². The molecule has 1 aromatic heterocycles. The van der Waals surface area contributed by atoms with E-state index in [0.717, 1.165) is 28.1 Å². The molecular weight excluding hydrogens is 683 g/mol. The van der Waals surface area contributed by atoms with Crippen LogP contribution in [0, 0.1) is 0 Å². The Hall–Kier alpha value is -6.14. The summed E-state index contributed by atoms with van der Waals surface area (Å²) in [7, 11) is 6.10. The monoisotopic (exact) mass is 717 g/mol. The minimum Gasteiger partial charge on any atom is -0.497 e. The van der Waals surface area contributed by atoms with Gasteiger partial charge >= 0.3 is 12.1 Å². The highest BCUT2D eigenvalue weighted by Crippen LogP contribution is 2.50. The predicted molar refractivity (Wildman–Crippen MR) is 197 cm³/mol. The first-order valence-electron chi connectivity index (χ1n) is 16.4. The Morgan fingerprint density at radius 2 is 1.54 bits per heavy atom. The van der Waals surface area contributed by atoms with Gasteiger partial charge in [0.05, 0.1) is 45.7 Å². The number of hydrogen-bond acceptors (Lipinski definition) is 10. The maximum absolute atomic E-state index is 14.5. The van der Waals surface area contributed by atoms with Crippen LogP contribution in [0.25, 0.3) is 27.4 Å². The number of ether oxygens (including phenoxy) is 5. The summed E-state index contributed by atoms with van der Waals surface area (Å²) in [6.07, 6.45) is -0.867. The van der Waals surface area contributed by atoms with Gasteiger partial charge < -0.3 is 28.8 Å². The second-order valence-electron chi connectivity index (χ2n) is 12.1. The number of carbonyl (C=O) groups is 2. The number of carbonyl (C=O) groups excluding carboxylic acids is 1. The maximum Gasteiger partial charge on any atom is 0.410 e. The Balaban J connectivity index is 1.47. The maximum atomic E-state index is 14.5. The summed E-state index contributed by atoms with van der Waals surface area (Å²) >= 11 is 1.06. The summed E-state index contributed by atoms with van der Waals surface area (Å²) in [5.74, 6) is 1.07. The molecule has 52 heavy (non-hydrogen) atoms. The first-order chi connectivity index (χ1) is 25.3. The van der Waals surface area contributed by atoms with Gasteiger partial charge in [-0.3, -0.25) is 4.90 Å². The van der Waals surface area contributed by atoms with Crippen LogP contribution in [-0.2, 0) is 28.1 Å². The zero-order valence-corrected chi connectivity index (χ0v) is 29.7. The fourth-order valence-electron chi connectivity index (χ4n) is 6.97. The molecule has 0 radical (unpaired) electrons. The third-order valence-corrected chi connectivity index (χ3v) is 9.94. The molecule has 1 atom stereocenters. The molecule has 0 fully saturated rings. The second kappa shape index (κ2) is 14.2. The Morgan fingerprint density at radius 1 is 0.827 bits per heavy atom. The number of aromatic nitrogens is 2. The fourth-order valence-corrected chi connectivity index (χ4v) is 7.49. The average Bonchev–Trinajstić information content (AvgIpc) is 3.76. The third kappa shape index (κ3) is 6.00. The van der Waals surface area contributed by atoms with E-state index in [1.807, 2.05) is 42.5 Å². The number of benzene rings is 5. The third-order valence-electron chi connectivity index (χ3n) is 9.38. The van der Waals surface area contributed by atoms with Crippen LogP contribution in [0.5, 0.6) is 23.0 Å². The largest absolute Gasteiger partial charge is 0.497 e. The van der Waals surface area contributed by atoms with Crippen molar-refractivity contribution < 1.29 is 38.4 Å². The van der Waals surface area contributed by atoms with E-state index in [9.17, 15) is 14.7 Å². The van der Waals surface area contributed by atoms with Crippen molar-refractivity contribution in [3.63, 3.8) is 0 Å². The van der Waals surface area contributed by atoms with Gasteiger partial charge in [0.1, 0.15) is 16.8 Å².